The molecule has 1 atom stereocenters. The number of ether oxygens (including phenoxy) is 1. The number of hydrogen-bond acceptors (Lipinski definition) is 5. The van der Waals surface area contributed by atoms with Gasteiger partial charge in [0, 0.05) is 38.3 Å². The Balaban J connectivity index is 1.45. The molecule has 2 fully saturated rings. The Morgan fingerprint density at radius 3 is 2.62 bits per heavy atom. The van der Waals surface area contributed by atoms with Crippen molar-refractivity contribution < 1.29 is 9.53 Å². The van der Waals surface area contributed by atoms with E-state index in [-0.39, 0.29) is 12.1 Å². The van der Waals surface area contributed by atoms with Gasteiger partial charge in [-0.15, -0.1) is 0 Å². The Hall–Kier alpha value is -1.76. The minimum atomic E-state index is -0.445. The fraction of sp³-hybridized carbons (Fsp3) is 0.684. The quantitative estimate of drug-likeness (QED) is 0.814. The number of piperidine rings is 1. The van der Waals surface area contributed by atoms with Crippen LogP contribution in [0.1, 0.15) is 40.0 Å². The molecule has 2 saturated heterocycles. The van der Waals surface area contributed by atoms with Crippen LogP contribution < -0.4 is 15.8 Å². The van der Waals surface area contributed by atoms with Gasteiger partial charge in [0.25, 0.3) is 0 Å². The topological polar surface area (TPSA) is 57.7 Å². The van der Waals surface area contributed by atoms with Crippen LogP contribution in [0.5, 0.6) is 0 Å². The van der Waals surface area contributed by atoms with Crippen LogP contribution in [-0.2, 0) is 4.74 Å². The highest BCUT2D eigenvalue weighted by atomic mass is 16.6. The van der Waals surface area contributed by atoms with Crippen LogP contribution >= 0.6 is 0 Å². The molecule has 1 N–H and O–H groups in total. The second-order valence-electron chi connectivity index (χ2n) is 8.48. The van der Waals surface area contributed by atoms with E-state index in [9.17, 15) is 4.79 Å². The van der Waals surface area contributed by atoms with Crippen molar-refractivity contribution in [2.75, 3.05) is 31.1 Å². The van der Waals surface area contributed by atoms with Gasteiger partial charge in [0.2, 0.25) is 0 Å². The first-order chi connectivity index (χ1) is 12.3. The lowest BCUT2D eigenvalue weighted by atomic mass is 10.0. The van der Waals surface area contributed by atoms with Crippen LogP contribution in [0.3, 0.4) is 0 Å². The molecule has 2 aliphatic rings. The molecule has 0 bridgehead atoms. The van der Waals surface area contributed by atoms with E-state index in [0.717, 1.165) is 56.9 Å². The van der Waals surface area contributed by atoms with Gasteiger partial charge in [-0.2, -0.15) is 0 Å². The molecule has 1 aromatic heterocycles. The molecule has 2 aliphatic heterocycles. The summed E-state index contributed by atoms with van der Waals surface area (Å²) < 4.78 is 5.37. The summed E-state index contributed by atoms with van der Waals surface area (Å²) in [4.78, 5) is 21.5. The molecule has 3 rings (SSSR count). The maximum Gasteiger partial charge on any atom is 0.407 e. The smallest absolute Gasteiger partial charge is 0.407 e. The summed E-state index contributed by atoms with van der Waals surface area (Å²) in [7, 11) is 2.04. The van der Waals surface area contributed by atoms with Gasteiger partial charge in [0.1, 0.15) is 11.4 Å². The fourth-order valence-electron chi connectivity index (χ4n) is 3.88. The van der Waals surface area contributed by atoms with Crippen LogP contribution in [0, 0.1) is 0 Å². The number of aromatic nitrogens is 1. The zero-order valence-electron chi connectivity index (χ0n) is 16.5. The summed E-state index contributed by atoms with van der Waals surface area (Å²) >= 11 is 0. The molecule has 0 saturated carbocycles. The van der Waals surface area contributed by atoms with E-state index in [4.69, 9.17) is 4.74 Å². The number of likely N-dealkylation sites (tertiary alicyclic amines) is 1. The first kappa shape index (κ1) is 19.0. The Morgan fingerprint density at radius 1 is 1.23 bits per heavy atom. The molecule has 142 valence electrons. The van der Waals surface area contributed by atoms with Crippen molar-refractivity contribution in [3.05, 3.63) is 18.2 Å². The number of nitrogens with one attached hydrogen (secondary N) is 1. The van der Waals surface area contributed by atoms with Crippen molar-refractivity contribution in [1.82, 2.24) is 15.2 Å². The first-order valence-corrected chi connectivity index (χ1v) is 9.72. The van der Waals surface area contributed by atoms with Crippen molar-refractivity contribution in [1.29, 1.82) is 0 Å². The summed E-state index contributed by atoms with van der Waals surface area (Å²) in [6.07, 6.45) is 2.99. The standard InChI is InChI=1S/C19H31BN4O2/c1-19(2,3)26-18(25)21-14-7-10-24(13-14)15-8-11-23(12-9-15)17-6-4-5-16(20)22-17/h4-6,14-15H,7-13,20H2,1-3H3,(H,21,25). The van der Waals surface area contributed by atoms with Crippen molar-refractivity contribution in [3.8, 4) is 0 Å². The molecule has 0 aromatic carbocycles. The lowest BCUT2D eigenvalue weighted by Gasteiger charge is -2.37. The van der Waals surface area contributed by atoms with Gasteiger partial charge in [-0.05, 0) is 51.7 Å². The molecule has 7 heteroatoms. The highest BCUT2D eigenvalue weighted by Gasteiger charge is 2.32. The summed E-state index contributed by atoms with van der Waals surface area (Å²) in [6.45, 7) is 9.74. The second kappa shape index (κ2) is 7.86. The SMILES string of the molecule is Bc1cccc(N2CCC(N3CCC(NC(=O)OC(C)(C)C)C3)CC2)n1. The first-order valence-electron chi connectivity index (χ1n) is 9.72. The predicted molar refractivity (Wildman–Crippen MR) is 107 cm³/mol. The number of alkyl carbamates (subject to hydrolysis) is 1. The van der Waals surface area contributed by atoms with Crippen molar-refractivity contribution in [3.63, 3.8) is 0 Å². The van der Waals surface area contributed by atoms with Gasteiger partial charge < -0.3 is 15.0 Å². The van der Waals surface area contributed by atoms with Gasteiger partial charge in [-0.1, -0.05) is 12.1 Å². The summed E-state index contributed by atoms with van der Waals surface area (Å²) in [5, 5.41) is 3.02. The minimum Gasteiger partial charge on any atom is -0.444 e. The zero-order valence-corrected chi connectivity index (χ0v) is 16.5. The molecule has 0 aliphatic carbocycles. The highest BCUT2D eigenvalue weighted by molar-refractivity contribution is 6.30. The van der Waals surface area contributed by atoms with Crippen LogP contribution in [0.15, 0.2) is 18.2 Å². The van der Waals surface area contributed by atoms with E-state index < -0.39 is 5.60 Å². The number of anilines is 1. The Labute approximate surface area is 157 Å². The number of hydrogen-bond donors (Lipinski definition) is 1. The van der Waals surface area contributed by atoms with E-state index in [1.807, 2.05) is 34.7 Å². The number of amides is 1. The number of carbonyl (C=O) groups excluding carboxylic acids is 1. The summed E-state index contributed by atoms with van der Waals surface area (Å²) in [5.74, 6) is 1.09. The molecule has 0 spiro atoms. The highest BCUT2D eigenvalue weighted by Crippen LogP contribution is 2.24. The van der Waals surface area contributed by atoms with E-state index in [1.54, 1.807) is 0 Å². The van der Waals surface area contributed by atoms with Crippen molar-refractivity contribution in [2.45, 2.75) is 57.7 Å². The average molecular weight is 358 g/mol. The molecule has 0 radical (unpaired) electrons. The largest absolute Gasteiger partial charge is 0.444 e. The molecular formula is C19H31BN4O2. The summed E-state index contributed by atoms with van der Waals surface area (Å²) in [6, 6.07) is 7.02. The molecule has 6 nitrogen and oxygen atoms in total. The average Bonchev–Trinajstić information content (AvgIpc) is 3.01. The number of carbonyl (C=O) groups is 1. The van der Waals surface area contributed by atoms with Crippen LogP contribution in [0.4, 0.5) is 10.6 Å². The Morgan fingerprint density at radius 2 is 1.96 bits per heavy atom. The normalized spacial score (nSPS) is 22.4. The molecule has 26 heavy (non-hydrogen) atoms. The maximum atomic E-state index is 12.0. The van der Waals surface area contributed by atoms with E-state index in [2.05, 4.69) is 32.2 Å². The van der Waals surface area contributed by atoms with E-state index >= 15 is 0 Å². The lowest BCUT2D eigenvalue weighted by Crippen LogP contribution is -2.46. The van der Waals surface area contributed by atoms with Gasteiger partial charge in [0.15, 0.2) is 7.85 Å². The predicted octanol–water partition coefficient (Wildman–Crippen LogP) is 0.908. The Bertz CT molecular complexity index is 626. The lowest BCUT2D eigenvalue weighted by molar-refractivity contribution is 0.0504. The molecular weight excluding hydrogens is 327 g/mol. The third-order valence-electron chi connectivity index (χ3n) is 5.12. The molecule has 1 aromatic rings. The molecule has 1 amide bonds. The number of rotatable bonds is 3. The van der Waals surface area contributed by atoms with Crippen molar-refractivity contribution >= 4 is 25.4 Å². The van der Waals surface area contributed by atoms with Gasteiger partial charge >= 0.3 is 6.09 Å². The fourth-order valence-corrected chi connectivity index (χ4v) is 3.88. The summed E-state index contributed by atoms with van der Waals surface area (Å²) in [5.41, 5.74) is 0.624. The van der Waals surface area contributed by atoms with Crippen LogP contribution in [0.25, 0.3) is 0 Å². The monoisotopic (exact) mass is 358 g/mol. The Kier molecular flexibility index (Phi) is 5.75. The van der Waals surface area contributed by atoms with Crippen molar-refractivity contribution in [2.24, 2.45) is 0 Å². The van der Waals surface area contributed by atoms with Crippen LogP contribution in [-0.4, -0.2) is 67.7 Å². The molecule has 1 unspecified atom stereocenters. The van der Waals surface area contributed by atoms with Gasteiger partial charge in [-0.3, -0.25) is 4.90 Å². The zero-order chi connectivity index (χ0) is 18.7. The number of nitrogens with zero attached hydrogens (tertiary/aromatic N) is 3. The van der Waals surface area contributed by atoms with E-state index in [0.29, 0.717) is 6.04 Å². The number of pyridine rings is 1. The van der Waals surface area contributed by atoms with E-state index in [1.165, 1.54) is 0 Å². The second-order valence-corrected chi connectivity index (χ2v) is 8.48. The third kappa shape index (κ3) is 5.13. The van der Waals surface area contributed by atoms with Crippen LogP contribution in [0.2, 0.25) is 0 Å². The van der Waals surface area contributed by atoms with Gasteiger partial charge in [-0.25, -0.2) is 9.78 Å². The third-order valence-corrected chi connectivity index (χ3v) is 5.12. The molecule has 3 heterocycles. The maximum absolute atomic E-state index is 12.0. The van der Waals surface area contributed by atoms with Gasteiger partial charge in [0.05, 0.1) is 0 Å². The minimum absolute atomic E-state index is 0.196.